The summed E-state index contributed by atoms with van der Waals surface area (Å²) in [5.41, 5.74) is 2.55. The second-order valence-corrected chi connectivity index (χ2v) is 6.99. The highest BCUT2D eigenvalue weighted by Crippen LogP contribution is 2.50. The predicted molar refractivity (Wildman–Crippen MR) is 80.8 cm³/mol. The van der Waals surface area contributed by atoms with Crippen molar-refractivity contribution in [2.45, 2.75) is 9.48 Å². The second kappa shape index (κ2) is 4.84. The fraction of sp³-hybridized carbons (Fsp3) is 0.0714. The van der Waals surface area contributed by atoms with Crippen LogP contribution in [0.1, 0.15) is 15.7 Å². The van der Waals surface area contributed by atoms with Gasteiger partial charge in [0.15, 0.2) is 0 Å². The first kappa shape index (κ1) is 11.3. The SMILES string of the molecule is S=C1SC(c2ccccc2)Sc2ccccc21. The number of rotatable bonds is 1. The summed E-state index contributed by atoms with van der Waals surface area (Å²) < 4.78 is 1.40. The standard InChI is InChI=1S/C14H10S3/c15-13-11-8-4-5-9-12(11)16-14(17-13)10-6-2-1-3-7-10/h1-9,14H. The summed E-state index contributed by atoms with van der Waals surface area (Å²) in [6.45, 7) is 0. The Morgan fingerprint density at radius 1 is 0.824 bits per heavy atom. The summed E-state index contributed by atoms with van der Waals surface area (Å²) in [6, 6.07) is 18.9. The molecule has 3 heteroatoms. The van der Waals surface area contributed by atoms with Crippen LogP contribution >= 0.6 is 35.7 Å². The fourth-order valence-electron chi connectivity index (χ4n) is 1.78. The molecule has 0 nitrogen and oxygen atoms in total. The van der Waals surface area contributed by atoms with Crippen LogP contribution in [0.15, 0.2) is 59.5 Å². The number of fused-ring (bicyclic) bond motifs is 1. The van der Waals surface area contributed by atoms with Crippen LogP contribution in [0.4, 0.5) is 0 Å². The van der Waals surface area contributed by atoms with Gasteiger partial charge in [0.05, 0.1) is 8.78 Å². The topological polar surface area (TPSA) is 0 Å². The van der Waals surface area contributed by atoms with Crippen molar-refractivity contribution in [3.63, 3.8) is 0 Å². The van der Waals surface area contributed by atoms with Gasteiger partial charge in [0, 0.05) is 10.5 Å². The van der Waals surface area contributed by atoms with E-state index in [1.807, 2.05) is 17.8 Å². The average Bonchev–Trinajstić information content (AvgIpc) is 2.40. The van der Waals surface area contributed by atoms with Gasteiger partial charge >= 0.3 is 0 Å². The molecule has 0 aromatic heterocycles. The van der Waals surface area contributed by atoms with E-state index in [0.717, 1.165) is 4.20 Å². The van der Waals surface area contributed by atoms with Crippen LogP contribution in [0.5, 0.6) is 0 Å². The Balaban J connectivity index is 1.97. The molecule has 1 atom stereocenters. The lowest BCUT2D eigenvalue weighted by atomic mass is 10.2. The Morgan fingerprint density at radius 2 is 1.53 bits per heavy atom. The van der Waals surface area contributed by atoms with E-state index < -0.39 is 0 Å². The molecule has 17 heavy (non-hydrogen) atoms. The maximum atomic E-state index is 5.49. The maximum absolute atomic E-state index is 5.49. The van der Waals surface area contributed by atoms with E-state index in [4.69, 9.17) is 12.2 Å². The third-order valence-corrected chi connectivity index (χ3v) is 5.73. The summed E-state index contributed by atoms with van der Waals surface area (Å²) in [6.07, 6.45) is 0. The molecule has 2 aromatic rings. The van der Waals surface area contributed by atoms with Crippen LogP contribution in [-0.4, -0.2) is 4.20 Å². The lowest BCUT2D eigenvalue weighted by Gasteiger charge is -2.24. The van der Waals surface area contributed by atoms with Crippen LogP contribution in [0.3, 0.4) is 0 Å². The molecule has 0 aliphatic carbocycles. The molecule has 3 rings (SSSR count). The van der Waals surface area contributed by atoms with Crippen molar-refractivity contribution in [3.05, 3.63) is 65.7 Å². The van der Waals surface area contributed by atoms with Crippen molar-refractivity contribution in [1.82, 2.24) is 0 Å². The smallest absolute Gasteiger partial charge is 0.0854 e. The Kier molecular flexibility index (Phi) is 3.23. The molecule has 2 aromatic carbocycles. The molecule has 1 aliphatic heterocycles. The predicted octanol–water partition coefficient (Wildman–Crippen LogP) is 4.90. The van der Waals surface area contributed by atoms with Gasteiger partial charge in [-0.25, -0.2) is 0 Å². The molecule has 0 N–H and O–H groups in total. The quantitative estimate of drug-likeness (QED) is 0.679. The van der Waals surface area contributed by atoms with Crippen molar-refractivity contribution in [2.24, 2.45) is 0 Å². The van der Waals surface area contributed by atoms with Crippen molar-refractivity contribution < 1.29 is 0 Å². The summed E-state index contributed by atoms with van der Waals surface area (Å²) in [5, 5.41) is 0. The summed E-state index contributed by atoms with van der Waals surface area (Å²) in [7, 11) is 0. The highest BCUT2D eigenvalue weighted by Gasteiger charge is 2.24. The molecule has 0 bridgehead atoms. The van der Waals surface area contributed by atoms with Crippen LogP contribution in [0, 0.1) is 0 Å². The van der Waals surface area contributed by atoms with E-state index in [1.54, 1.807) is 11.8 Å². The Hall–Kier alpha value is -0.770. The minimum atomic E-state index is 0.388. The maximum Gasteiger partial charge on any atom is 0.0854 e. The van der Waals surface area contributed by atoms with Crippen molar-refractivity contribution in [3.8, 4) is 0 Å². The lowest BCUT2D eigenvalue weighted by Crippen LogP contribution is -2.04. The first-order valence-electron chi connectivity index (χ1n) is 5.36. The number of benzene rings is 2. The van der Waals surface area contributed by atoms with E-state index in [0.29, 0.717) is 4.58 Å². The van der Waals surface area contributed by atoms with Gasteiger partial charge in [-0.1, -0.05) is 72.5 Å². The molecule has 0 fully saturated rings. The van der Waals surface area contributed by atoms with Crippen LogP contribution < -0.4 is 0 Å². The molecule has 1 aliphatic rings. The van der Waals surface area contributed by atoms with Gasteiger partial charge in [-0.2, -0.15) is 0 Å². The molecule has 1 unspecified atom stereocenters. The summed E-state index contributed by atoms with van der Waals surface area (Å²) in [4.78, 5) is 1.30. The van der Waals surface area contributed by atoms with E-state index in [9.17, 15) is 0 Å². The van der Waals surface area contributed by atoms with Crippen molar-refractivity contribution in [2.75, 3.05) is 0 Å². The van der Waals surface area contributed by atoms with Gasteiger partial charge in [-0.3, -0.25) is 0 Å². The van der Waals surface area contributed by atoms with E-state index >= 15 is 0 Å². The summed E-state index contributed by atoms with van der Waals surface area (Å²) in [5.74, 6) is 0. The highest BCUT2D eigenvalue weighted by atomic mass is 32.2. The molecule has 0 saturated carbocycles. The van der Waals surface area contributed by atoms with Gasteiger partial charge in [-0.05, 0) is 11.6 Å². The Labute approximate surface area is 115 Å². The molecule has 0 spiro atoms. The van der Waals surface area contributed by atoms with Gasteiger partial charge in [-0.15, -0.1) is 11.8 Å². The second-order valence-electron chi connectivity index (χ2n) is 3.76. The Bertz CT molecular complexity index is 548. The highest BCUT2D eigenvalue weighted by molar-refractivity contribution is 8.31. The number of thioether (sulfide) groups is 2. The summed E-state index contributed by atoms with van der Waals surface area (Å²) >= 11 is 9.15. The average molecular weight is 274 g/mol. The third kappa shape index (κ3) is 2.28. The van der Waals surface area contributed by atoms with E-state index in [2.05, 4.69) is 48.5 Å². The molecule has 0 saturated heterocycles. The lowest BCUT2D eigenvalue weighted by molar-refractivity contribution is 1.34. The van der Waals surface area contributed by atoms with Crippen molar-refractivity contribution >= 4 is 39.9 Å². The molecule has 0 amide bonds. The van der Waals surface area contributed by atoms with Crippen molar-refractivity contribution in [1.29, 1.82) is 0 Å². The van der Waals surface area contributed by atoms with Gasteiger partial charge in [0.1, 0.15) is 0 Å². The third-order valence-electron chi connectivity index (χ3n) is 2.63. The zero-order valence-corrected chi connectivity index (χ0v) is 11.4. The molecule has 84 valence electrons. The zero-order chi connectivity index (χ0) is 11.7. The van der Waals surface area contributed by atoms with Crippen LogP contribution in [0.2, 0.25) is 0 Å². The first-order valence-corrected chi connectivity index (χ1v) is 7.53. The fourth-order valence-corrected chi connectivity index (χ4v) is 5.13. The molecular formula is C14H10S3. The first-order chi connectivity index (χ1) is 8.34. The normalized spacial score (nSPS) is 18.8. The van der Waals surface area contributed by atoms with E-state index in [1.165, 1.54) is 16.0 Å². The minimum absolute atomic E-state index is 0.388. The number of hydrogen-bond acceptors (Lipinski definition) is 3. The Morgan fingerprint density at radius 3 is 2.35 bits per heavy atom. The van der Waals surface area contributed by atoms with E-state index in [-0.39, 0.29) is 0 Å². The van der Waals surface area contributed by atoms with Gasteiger partial charge in [0.25, 0.3) is 0 Å². The minimum Gasteiger partial charge on any atom is -0.106 e. The van der Waals surface area contributed by atoms with Gasteiger partial charge in [0.2, 0.25) is 0 Å². The largest absolute Gasteiger partial charge is 0.106 e. The molecule has 0 radical (unpaired) electrons. The monoisotopic (exact) mass is 274 g/mol. The van der Waals surface area contributed by atoms with Crippen LogP contribution in [0.25, 0.3) is 0 Å². The number of thiocarbonyl (C=S) groups is 1. The van der Waals surface area contributed by atoms with Crippen LogP contribution in [-0.2, 0) is 0 Å². The molecule has 1 heterocycles. The molecular weight excluding hydrogens is 264 g/mol. The number of hydrogen-bond donors (Lipinski definition) is 0. The van der Waals surface area contributed by atoms with Gasteiger partial charge < -0.3 is 0 Å². The zero-order valence-electron chi connectivity index (χ0n) is 9.00.